The molecule has 2 N–H and O–H groups in total. The summed E-state index contributed by atoms with van der Waals surface area (Å²) in [6, 6.07) is 20.2. The minimum Gasteiger partial charge on any atom is -0.422 e. The zero-order chi connectivity index (χ0) is 21.6. The van der Waals surface area contributed by atoms with Crippen LogP contribution in [0.3, 0.4) is 0 Å². The molecule has 4 rings (SSSR count). The molecule has 0 saturated carbocycles. The third-order valence-electron chi connectivity index (χ3n) is 5.95. The summed E-state index contributed by atoms with van der Waals surface area (Å²) >= 11 is 0. The normalized spacial score (nSPS) is 18.4. The first-order valence-electron chi connectivity index (χ1n) is 11.0. The summed E-state index contributed by atoms with van der Waals surface area (Å²) in [5, 5.41) is 0.755. The number of carbonyl (C=O) groups excluding carboxylic acids is 1. The Kier molecular flexibility index (Phi) is 6.79. The van der Waals surface area contributed by atoms with Crippen molar-refractivity contribution >= 4 is 16.9 Å². The molecular formula is C25H29N3O3. The van der Waals surface area contributed by atoms with Gasteiger partial charge in [-0.1, -0.05) is 61.4 Å². The maximum absolute atomic E-state index is 12.7. The Bertz CT molecular complexity index is 1080. The lowest BCUT2D eigenvalue weighted by Crippen LogP contribution is -2.31. The highest BCUT2D eigenvalue weighted by molar-refractivity contribution is 5.96. The summed E-state index contributed by atoms with van der Waals surface area (Å²) in [4.78, 5) is 26.5. The van der Waals surface area contributed by atoms with E-state index in [4.69, 9.17) is 4.42 Å². The van der Waals surface area contributed by atoms with Gasteiger partial charge in [0.05, 0.1) is 0 Å². The first kappa shape index (κ1) is 21.3. The van der Waals surface area contributed by atoms with Crippen LogP contribution in [-0.4, -0.2) is 30.4 Å². The van der Waals surface area contributed by atoms with Gasteiger partial charge >= 0.3 is 5.63 Å². The topological polar surface area (TPSA) is 74.6 Å². The lowest BCUT2D eigenvalue weighted by Gasteiger charge is -2.17. The fourth-order valence-corrected chi connectivity index (χ4v) is 4.15. The van der Waals surface area contributed by atoms with E-state index in [1.807, 2.05) is 18.2 Å². The third kappa shape index (κ3) is 5.21. The smallest absolute Gasteiger partial charge is 0.349 e. The van der Waals surface area contributed by atoms with Gasteiger partial charge in [-0.15, -0.1) is 0 Å². The predicted octanol–water partition coefficient (Wildman–Crippen LogP) is 4.03. The summed E-state index contributed by atoms with van der Waals surface area (Å²) < 4.78 is 5.29. The molecule has 1 aliphatic rings. The molecule has 1 aliphatic heterocycles. The van der Waals surface area contributed by atoms with Crippen molar-refractivity contribution in [2.45, 2.75) is 44.2 Å². The number of hydrogen-bond acceptors (Lipinski definition) is 5. The van der Waals surface area contributed by atoms with E-state index >= 15 is 0 Å². The second-order valence-corrected chi connectivity index (χ2v) is 8.25. The second-order valence-electron chi connectivity index (χ2n) is 8.25. The minimum absolute atomic E-state index is 0.0920. The molecule has 1 fully saturated rings. The van der Waals surface area contributed by atoms with Crippen molar-refractivity contribution in [2.75, 3.05) is 13.6 Å². The fourth-order valence-electron chi connectivity index (χ4n) is 4.15. The van der Waals surface area contributed by atoms with Gasteiger partial charge < -0.3 is 9.32 Å². The van der Waals surface area contributed by atoms with Gasteiger partial charge in [0.15, 0.2) is 0 Å². The SMILES string of the molecule is CN(CCCCCC1CC(c2ccccc2)NN1)C(=O)c1cc2ccccc2oc1=O. The molecule has 6 heteroatoms. The van der Waals surface area contributed by atoms with Crippen LogP contribution < -0.4 is 16.5 Å². The summed E-state index contributed by atoms with van der Waals surface area (Å²) in [5.41, 5.74) is 8.12. The zero-order valence-corrected chi connectivity index (χ0v) is 17.8. The standard InChI is InChI=1S/C25H29N3O3/c1-28(24(29)21-16-19-12-7-8-14-23(19)31-25(21)30)15-9-3-6-13-20-17-22(27-26-20)18-10-4-2-5-11-18/h2,4-5,7-8,10-12,14,16,20,22,26-27H,3,6,9,13,15,17H2,1H3. The first-order valence-corrected chi connectivity index (χ1v) is 11.0. The number of hydrazine groups is 1. The average molecular weight is 420 g/mol. The first-order chi connectivity index (χ1) is 15.1. The van der Waals surface area contributed by atoms with Crippen LogP contribution in [0.1, 0.15) is 54.1 Å². The van der Waals surface area contributed by atoms with Gasteiger partial charge in [-0.25, -0.2) is 4.79 Å². The summed E-state index contributed by atoms with van der Waals surface area (Å²) in [6.07, 6.45) is 5.23. The number of carbonyl (C=O) groups is 1. The van der Waals surface area contributed by atoms with Crippen molar-refractivity contribution in [3.8, 4) is 0 Å². The molecular weight excluding hydrogens is 390 g/mol. The van der Waals surface area contributed by atoms with Crippen molar-refractivity contribution in [3.05, 3.63) is 82.2 Å². The Morgan fingerprint density at radius 2 is 1.81 bits per heavy atom. The highest BCUT2D eigenvalue weighted by Gasteiger charge is 2.24. The number of para-hydroxylation sites is 1. The molecule has 2 heterocycles. The third-order valence-corrected chi connectivity index (χ3v) is 5.95. The number of fused-ring (bicyclic) bond motifs is 1. The highest BCUT2D eigenvalue weighted by Crippen LogP contribution is 2.24. The number of nitrogens with one attached hydrogen (secondary N) is 2. The van der Waals surface area contributed by atoms with Gasteiger partial charge in [0.25, 0.3) is 5.91 Å². The van der Waals surface area contributed by atoms with Crippen molar-refractivity contribution < 1.29 is 9.21 Å². The molecule has 6 nitrogen and oxygen atoms in total. The Morgan fingerprint density at radius 1 is 1.03 bits per heavy atom. The van der Waals surface area contributed by atoms with Crippen molar-refractivity contribution in [3.63, 3.8) is 0 Å². The van der Waals surface area contributed by atoms with Crippen LogP contribution in [0.4, 0.5) is 0 Å². The van der Waals surface area contributed by atoms with Gasteiger partial charge in [-0.3, -0.25) is 15.6 Å². The Labute approximate surface area is 182 Å². The van der Waals surface area contributed by atoms with Crippen LogP contribution >= 0.6 is 0 Å². The van der Waals surface area contributed by atoms with Crippen LogP contribution in [0.2, 0.25) is 0 Å². The maximum Gasteiger partial charge on any atom is 0.349 e. The van der Waals surface area contributed by atoms with E-state index < -0.39 is 5.63 Å². The minimum atomic E-state index is -0.580. The lowest BCUT2D eigenvalue weighted by atomic mass is 9.99. The van der Waals surface area contributed by atoms with E-state index in [1.54, 1.807) is 30.1 Å². The molecule has 0 bridgehead atoms. The fraction of sp³-hybridized carbons (Fsp3) is 0.360. The molecule has 0 radical (unpaired) electrons. The molecule has 2 unspecified atom stereocenters. The number of nitrogens with zero attached hydrogens (tertiary/aromatic N) is 1. The van der Waals surface area contributed by atoms with Crippen molar-refractivity contribution in [2.24, 2.45) is 0 Å². The van der Waals surface area contributed by atoms with Crippen LogP contribution in [0, 0.1) is 0 Å². The average Bonchev–Trinajstić information content (AvgIpc) is 3.27. The molecule has 3 aromatic rings. The van der Waals surface area contributed by atoms with E-state index in [2.05, 4.69) is 35.1 Å². The van der Waals surface area contributed by atoms with Gasteiger partial charge in [-0.05, 0) is 37.0 Å². The molecule has 31 heavy (non-hydrogen) atoms. The van der Waals surface area contributed by atoms with Crippen LogP contribution in [0.5, 0.6) is 0 Å². The maximum atomic E-state index is 12.7. The lowest BCUT2D eigenvalue weighted by molar-refractivity contribution is 0.0788. The van der Waals surface area contributed by atoms with Gasteiger partial charge in [0.2, 0.25) is 0 Å². The molecule has 162 valence electrons. The second kappa shape index (κ2) is 9.90. The molecule has 0 aliphatic carbocycles. The molecule has 2 atom stereocenters. The number of benzene rings is 2. The van der Waals surface area contributed by atoms with Crippen molar-refractivity contribution in [1.29, 1.82) is 0 Å². The number of hydrogen-bond donors (Lipinski definition) is 2. The molecule has 0 spiro atoms. The summed E-state index contributed by atoms with van der Waals surface area (Å²) in [5.74, 6) is -0.285. The Morgan fingerprint density at radius 3 is 2.65 bits per heavy atom. The zero-order valence-electron chi connectivity index (χ0n) is 17.8. The molecule has 2 aromatic carbocycles. The van der Waals surface area contributed by atoms with E-state index in [9.17, 15) is 9.59 Å². The Balaban J connectivity index is 1.20. The highest BCUT2D eigenvalue weighted by atomic mass is 16.4. The summed E-state index contributed by atoms with van der Waals surface area (Å²) in [6.45, 7) is 0.619. The predicted molar refractivity (Wildman–Crippen MR) is 122 cm³/mol. The van der Waals surface area contributed by atoms with Gasteiger partial charge in [0.1, 0.15) is 11.1 Å². The number of rotatable bonds is 8. The van der Waals surface area contributed by atoms with Crippen LogP contribution in [0.15, 0.2) is 69.9 Å². The van der Waals surface area contributed by atoms with E-state index in [-0.39, 0.29) is 11.5 Å². The Hall–Kier alpha value is -2.96. The number of amides is 1. The quantitative estimate of drug-likeness (QED) is 0.426. The molecule has 1 amide bonds. The summed E-state index contributed by atoms with van der Waals surface area (Å²) in [7, 11) is 1.74. The van der Waals surface area contributed by atoms with E-state index in [0.29, 0.717) is 24.2 Å². The van der Waals surface area contributed by atoms with Gasteiger partial charge in [0, 0.05) is 31.1 Å². The van der Waals surface area contributed by atoms with Crippen molar-refractivity contribution in [1.82, 2.24) is 15.8 Å². The van der Waals surface area contributed by atoms with E-state index in [0.717, 1.165) is 37.5 Å². The molecule has 1 aromatic heterocycles. The number of unbranched alkanes of at least 4 members (excludes halogenated alkanes) is 2. The van der Waals surface area contributed by atoms with Crippen LogP contribution in [0.25, 0.3) is 11.0 Å². The largest absolute Gasteiger partial charge is 0.422 e. The molecule has 1 saturated heterocycles. The van der Waals surface area contributed by atoms with Crippen LogP contribution in [-0.2, 0) is 0 Å². The monoisotopic (exact) mass is 419 g/mol. The van der Waals surface area contributed by atoms with E-state index in [1.165, 1.54) is 5.56 Å². The van der Waals surface area contributed by atoms with Gasteiger partial charge in [-0.2, -0.15) is 0 Å².